The maximum absolute atomic E-state index is 12.3. The van der Waals surface area contributed by atoms with Gasteiger partial charge in [0.1, 0.15) is 0 Å². The van der Waals surface area contributed by atoms with Crippen molar-refractivity contribution in [1.29, 1.82) is 0 Å². The van der Waals surface area contributed by atoms with Crippen LogP contribution in [0, 0.1) is 0 Å². The van der Waals surface area contributed by atoms with Gasteiger partial charge in [0.15, 0.2) is 0 Å². The van der Waals surface area contributed by atoms with Crippen molar-refractivity contribution in [2.75, 3.05) is 0 Å². The summed E-state index contributed by atoms with van der Waals surface area (Å²) in [6, 6.07) is 20.8. The second-order valence-corrected chi connectivity index (χ2v) is 5.05. The van der Waals surface area contributed by atoms with Crippen molar-refractivity contribution in [3.05, 3.63) is 78.4 Å². The number of halogens is 3. The Kier molecular flexibility index (Phi) is 7.09. The van der Waals surface area contributed by atoms with Crippen LogP contribution in [0.2, 0.25) is 0 Å². The SMILES string of the molecule is FC(F)(F)c1ccc(-c2cc[cH-]c2P)cc1.[Fe+2].c1cc[cH-]c1. The first-order valence-corrected chi connectivity index (χ1v) is 6.92. The standard InChI is InChI=1S/C12H9F3P.C5H5.Fe/c13-12(14,15)9-6-4-8(5-7-9)10-2-1-3-11(10)16;1-2-4-5-3-1;/h1-7H,16H2;1-5H;/q2*-1;+2. The van der Waals surface area contributed by atoms with Crippen LogP contribution in [0.5, 0.6) is 0 Å². The Labute approximate surface area is 140 Å². The minimum Gasteiger partial charge on any atom is -0.214 e. The first kappa shape index (κ1) is 18.7. The number of rotatable bonds is 1. The van der Waals surface area contributed by atoms with E-state index in [2.05, 4.69) is 9.24 Å². The summed E-state index contributed by atoms with van der Waals surface area (Å²) in [7, 11) is 2.56. The van der Waals surface area contributed by atoms with Crippen LogP contribution < -0.4 is 5.30 Å². The number of benzene rings is 1. The predicted octanol–water partition coefficient (Wildman–Crippen LogP) is 4.99. The monoisotopic (exact) mass is 362 g/mol. The third-order valence-electron chi connectivity index (χ3n) is 2.93. The smallest absolute Gasteiger partial charge is 0.214 e. The molecule has 1 atom stereocenters. The van der Waals surface area contributed by atoms with Crippen molar-refractivity contribution in [3.63, 3.8) is 0 Å². The van der Waals surface area contributed by atoms with Crippen LogP contribution in [0.25, 0.3) is 11.1 Å². The summed E-state index contributed by atoms with van der Waals surface area (Å²) >= 11 is 0. The molecule has 0 saturated carbocycles. The Balaban J connectivity index is 0.000000344. The molecule has 0 spiro atoms. The van der Waals surface area contributed by atoms with Crippen molar-refractivity contribution in [2.24, 2.45) is 0 Å². The molecule has 0 aliphatic heterocycles. The van der Waals surface area contributed by atoms with Gasteiger partial charge in [0.05, 0.1) is 5.56 Å². The van der Waals surface area contributed by atoms with Gasteiger partial charge in [-0.25, -0.2) is 18.2 Å². The van der Waals surface area contributed by atoms with E-state index in [1.54, 1.807) is 0 Å². The van der Waals surface area contributed by atoms with E-state index in [4.69, 9.17) is 0 Å². The molecule has 3 rings (SSSR count). The molecular formula is C17H14F3FeP. The topological polar surface area (TPSA) is 0 Å². The summed E-state index contributed by atoms with van der Waals surface area (Å²) in [5.74, 6) is 0. The molecule has 0 amide bonds. The molecule has 3 aromatic carbocycles. The van der Waals surface area contributed by atoms with Gasteiger partial charge in [0, 0.05) is 0 Å². The molecule has 0 N–H and O–H groups in total. The minimum absolute atomic E-state index is 0. The van der Waals surface area contributed by atoms with Gasteiger partial charge in [0.25, 0.3) is 0 Å². The van der Waals surface area contributed by atoms with Crippen LogP contribution in [0.1, 0.15) is 5.56 Å². The molecule has 5 heteroatoms. The predicted molar refractivity (Wildman–Crippen MR) is 83.9 cm³/mol. The van der Waals surface area contributed by atoms with Crippen LogP contribution in [-0.2, 0) is 23.2 Å². The van der Waals surface area contributed by atoms with Crippen LogP contribution in [-0.4, -0.2) is 0 Å². The second-order valence-electron chi connectivity index (χ2n) is 4.43. The Morgan fingerprint density at radius 3 is 1.82 bits per heavy atom. The Hall–Kier alpha value is -1.34. The van der Waals surface area contributed by atoms with Crippen LogP contribution in [0.15, 0.2) is 72.8 Å². The molecule has 0 bridgehead atoms. The quantitative estimate of drug-likeness (QED) is 0.325. The molecule has 116 valence electrons. The zero-order valence-corrected chi connectivity index (χ0v) is 13.8. The molecule has 0 radical (unpaired) electrons. The molecular weight excluding hydrogens is 348 g/mol. The van der Waals surface area contributed by atoms with Gasteiger partial charge in [0.2, 0.25) is 0 Å². The van der Waals surface area contributed by atoms with Gasteiger partial charge in [-0.05, 0) is 0 Å². The van der Waals surface area contributed by atoms with Gasteiger partial charge >= 0.3 is 23.2 Å². The van der Waals surface area contributed by atoms with Gasteiger partial charge in [-0.15, -0.1) is 14.5 Å². The summed E-state index contributed by atoms with van der Waals surface area (Å²) < 4.78 is 37.0. The van der Waals surface area contributed by atoms with E-state index in [0.29, 0.717) is 0 Å². The van der Waals surface area contributed by atoms with E-state index >= 15 is 0 Å². The van der Waals surface area contributed by atoms with Crippen molar-refractivity contribution in [1.82, 2.24) is 0 Å². The molecule has 3 aromatic rings. The number of hydrogen-bond donors (Lipinski definition) is 0. The third kappa shape index (κ3) is 5.14. The minimum atomic E-state index is -4.27. The second kappa shape index (κ2) is 8.33. The summed E-state index contributed by atoms with van der Waals surface area (Å²) in [4.78, 5) is 0. The van der Waals surface area contributed by atoms with E-state index in [1.165, 1.54) is 12.1 Å². The Morgan fingerprint density at radius 1 is 0.864 bits per heavy atom. The van der Waals surface area contributed by atoms with E-state index in [9.17, 15) is 13.2 Å². The third-order valence-corrected chi connectivity index (χ3v) is 3.43. The van der Waals surface area contributed by atoms with E-state index in [1.807, 2.05) is 48.5 Å². The summed E-state index contributed by atoms with van der Waals surface area (Å²) in [5, 5.41) is 0.986. The van der Waals surface area contributed by atoms with E-state index in [-0.39, 0.29) is 17.1 Å². The molecule has 0 heterocycles. The molecule has 0 aromatic heterocycles. The fourth-order valence-corrected chi connectivity index (χ4v) is 2.23. The average molecular weight is 362 g/mol. The van der Waals surface area contributed by atoms with E-state index < -0.39 is 11.7 Å². The van der Waals surface area contributed by atoms with Crippen molar-refractivity contribution < 1.29 is 30.2 Å². The molecule has 0 aliphatic rings. The van der Waals surface area contributed by atoms with Crippen LogP contribution in [0.3, 0.4) is 0 Å². The first-order chi connectivity index (χ1) is 9.98. The largest absolute Gasteiger partial charge is 2.00 e. The zero-order valence-electron chi connectivity index (χ0n) is 11.5. The van der Waals surface area contributed by atoms with Crippen molar-refractivity contribution in [2.45, 2.75) is 6.18 Å². The normalized spacial score (nSPS) is 10.4. The zero-order chi connectivity index (χ0) is 15.3. The van der Waals surface area contributed by atoms with Gasteiger partial charge in [-0.1, -0.05) is 29.8 Å². The summed E-state index contributed by atoms with van der Waals surface area (Å²) in [5.41, 5.74) is 1.12. The first-order valence-electron chi connectivity index (χ1n) is 6.34. The molecule has 1 unspecified atom stereocenters. The van der Waals surface area contributed by atoms with E-state index in [0.717, 1.165) is 28.6 Å². The van der Waals surface area contributed by atoms with Crippen molar-refractivity contribution >= 4 is 14.5 Å². The van der Waals surface area contributed by atoms with Crippen molar-refractivity contribution in [3.8, 4) is 11.1 Å². The molecule has 22 heavy (non-hydrogen) atoms. The Morgan fingerprint density at radius 2 is 1.45 bits per heavy atom. The molecule has 0 saturated heterocycles. The van der Waals surface area contributed by atoms with Crippen LogP contribution >= 0.6 is 9.24 Å². The maximum Gasteiger partial charge on any atom is 2.00 e. The average Bonchev–Trinajstić information content (AvgIpc) is 3.12. The fraction of sp³-hybridized carbons (Fsp3) is 0.0588. The maximum atomic E-state index is 12.3. The number of alkyl halides is 3. The molecule has 0 nitrogen and oxygen atoms in total. The van der Waals surface area contributed by atoms with Gasteiger partial charge < -0.3 is 0 Å². The van der Waals surface area contributed by atoms with Gasteiger partial charge in [-0.3, -0.25) is 0 Å². The summed E-state index contributed by atoms with van der Waals surface area (Å²) in [6.45, 7) is 0. The summed E-state index contributed by atoms with van der Waals surface area (Å²) in [6.07, 6.45) is -4.27. The van der Waals surface area contributed by atoms with Crippen LogP contribution in [0.4, 0.5) is 13.2 Å². The molecule has 0 fully saturated rings. The molecule has 0 aliphatic carbocycles. The number of hydrogen-bond acceptors (Lipinski definition) is 0. The Bertz CT molecular complexity index is 635. The fourth-order valence-electron chi connectivity index (χ4n) is 1.86. The van der Waals surface area contributed by atoms with Gasteiger partial charge in [-0.2, -0.15) is 49.1 Å².